The van der Waals surface area contributed by atoms with Crippen molar-refractivity contribution in [1.29, 1.82) is 0 Å². The summed E-state index contributed by atoms with van der Waals surface area (Å²) in [4.78, 5) is 2.71. The third-order valence-electron chi connectivity index (χ3n) is 5.69. The monoisotopic (exact) mass is 399 g/mol. The molecule has 0 saturated carbocycles. The minimum absolute atomic E-state index is 0.747. The van der Waals surface area contributed by atoms with Crippen molar-refractivity contribution in [3.05, 3.63) is 60.8 Å². The molecule has 0 radical (unpaired) electrons. The van der Waals surface area contributed by atoms with E-state index in [9.17, 15) is 0 Å². The van der Waals surface area contributed by atoms with Crippen LogP contribution >= 0.6 is 0 Å². The van der Waals surface area contributed by atoms with Gasteiger partial charge in [-0.2, -0.15) is 0 Å². The van der Waals surface area contributed by atoms with Crippen LogP contribution in [0.5, 0.6) is 0 Å². The van der Waals surface area contributed by atoms with Crippen LogP contribution in [0.25, 0.3) is 0 Å². The molecule has 0 spiro atoms. The molecule has 1 heteroatoms. The fourth-order valence-electron chi connectivity index (χ4n) is 4.05. The van der Waals surface area contributed by atoms with Crippen molar-refractivity contribution in [3.8, 4) is 0 Å². The molecule has 0 aromatic carbocycles. The van der Waals surface area contributed by atoms with E-state index in [1.165, 1.54) is 76.6 Å². The van der Waals surface area contributed by atoms with E-state index in [4.69, 9.17) is 0 Å². The molecule has 0 aromatic rings. The Labute approximate surface area is 183 Å². The van der Waals surface area contributed by atoms with Gasteiger partial charge in [0.1, 0.15) is 0 Å². The van der Waals surface area contributed by atoms with Gasteiger partial charge in [0.25, 0.3) is 0 Å². The van der Waals surface area contributed by atoms with Crippen LogP contribution in [0.1, 0.15) is 86.0 Å². The van der Waals surface area contributed by atoms with Crippen LogP contribution in [-0.2, 0) is 0 Å². The Bertz CT molecular complexity index is 494. The number of unbranched alkanes of at least 4 members (excludes halogenated alkanes) is 1. The van der Waals surface area contributed by atoms with E-state index in [1.807, 2.05) is 19.9 Å². The van der Waals surface area contributed by atoms with Gasteiger partial charge in [-0.15, -0.1) is 0 Å². The van der Waals surface area contributed by atoms with E-state index in [0.717, 1.165) is 11.8 Å². The van der Waals surface area contributed by atoms with Crippen molar-refractivity contribution in [3.63, 3.8) is 0 Å². The minimum atomic E-state index is 0.747. The highest BCUT2D eigenvalue weighted by Gasteiger charge is 2.17. The van der Waals surface area contributed by atoms with Crippen LogP contribution in [-0.4, -0.2) is 24.5 Å². The zero-order chi connectivity index (χ0) is 21.7. The van der Waals surface area contributed by atoms with Crippen molar-refractivity contribution >= 4 is 0 Å². The number of likely N-dealkylation sites (tertiary alicyclic amines) is 1. The van der Waals surface area contributed by atoms with Gasteiger partial charge in [-0.05, 0) is 95.8 Å². The van der Waals surface area contributed by atoms with Gasteiger partial charge in [0.15, 0.2) is 0 Å². The molecule has 1 aliphatic heterocycles. The molecule has 0 bridgehead atoms. The maximum absolute atomic E-state index is 3.86. The normalized spacial score (nSPS) is 20.0. The molecule has 0 aliphatic carbocycles. The summed E-state index contributed by atoms with van der Waals surface area (Å²) >= 11 is 0. The predicted molar refractivity (Wildman–Crippen MR) is 134 cm³/mol. The Morgan fingerprint density at radius 1 is 1.07 bits per heavy atom. The molecule has 166 valence electrons. The highest BCUT2D eigenvalue weighted by Crippen LogP contribution is 2.25. The van der Waals surface area contributed by atoms with Gasteiger partial charge in [-0.3, -0.25) is 0 Å². The molecule has 1 aliphatic rings. The Hall–Kier alpha value is -1.34. The summed E-state index contributed by atoms with van der Waals surface area (Å²) in [6, 6.07) is 0. The van der Waals surface area contributed by atoms with Gasteiger partial charge < -0.3 is 4.90 Å². The lowest BCUT2D eigenvalue weighted by Gasteiger charge is -2.20. The first kappa shape index (κ1) is 27.7. The molecule has 0 aromatic heterocycles. The molecule has 0 N–H and O–H groups in total. The van der Waals surface area contributed by atoms with E-state index in [1.54, 1.807) is 0 Å². The summed E-state index contributed by atoms with van der Waals surface area (Å²) in [6.07, 6.45) is 27.9. The van der Waals surface area contributed by atoms with E-state index in [-0.39, 0.29) is 0 Å². The molecule has 2 unspecified atom stereocenters. The standard InChI is InChI=1S/C26H43N.C2H6/c1-5-9-10-16-24(8-4)17-11-12-20-27-21-13-18-26(19-22-27)23-25(14-6-2)15-7-3;1-2/h5-7,9-10,14-16,24,26H,2,8,11-13,17-23H2,1,3-4H3;1-2H3/b9-5-,15-7-,16-10-,25-14+;. The zero-order valence-electron chi connectivity index (χ0n) is 20.2. The molecule has 1 nitrogen and oxygen atoms in total. The average molecular weight is 400 g/mol. The van der Waals surface area contributed by atoms with Gasteiger partial charge in [-0.1, -0.05) is 82.4 Å². The molecule has 1 fully saturated rings. The van der Waals surface area contributed by atoms with E-state index >= 15 is 0 Å². The first-order chi connectivity index (χ1) is 14.2. The van der Waals surface area contributed by atoms with Crippen LogP contribution in [0.3, 0.4) is 0 Å². The fraction of sp³-hybridized carbons (Fsp3) is 0.643. The largest absolute Gasteiger partial charge is 0.303 e. The molecular formula is C28H49N. The van der Waals surface area contributed by atoms with Crippen molar-refractivity contribution in [2.75, 3.05) is 19.6 Å². The summed E-state index contributed by atoms with van der Waals surface area (Å²) < 4.78 is 0. The lowest BCUT2D eigenvalue weighted by atomic mass is 9.92. The molecule has 1 rings (SSSR count). The maximum Gasteiger partial charge on any atom is -0.00160 e. The Balaban J connectivity index is 0.00000379. The smallest absolute Gasteiger partial charge is 0.00160 e. The van der Waals surface area contributed by atoms with Gasteiger partial charge >= 0.3 is 0 Å². The van der Waals surface area contributed by atoms with Crippen LogP contribution < -0.4 is 0 Å². The van der Waals surface area contributed by atoms with Gasteiger partial charge in [0, 0.05) is 0 Å². The molecule has 1 heterocycles. The maximum atomic E-state index is 3.86. The number of hydrogen-bond donors (Lipinski definition) is 0. The zero-order valence-corrected chi connectivity index (χ0v) is 20.2. The summed E-state index contributed by atoms with van der Waals surface area (Å²) in [7, 11) is 0. The molecular weight excluding hydrogens is 350 g/mol. The number of hydrogen-bond acceptors (Lipinski definition) is 1. The molecule has 29 heavy (non-hydrogen) atoms. The van der Waals surface area contributed by atoms with Crippen LogP contribution in [0.15, 0.2) is 60.8 Å². The third-order valence-corrected chi connectivity index (χ3v) is 5.69. The van der Waals surface area contributed by atoms with E-state index < -0.39 is 0 Å². The van der Waals surface area contributed by atoms with E-state index in [2.05, 4.69) is 74.8 Å². The van der Waals surface area contributed by atoms with Crippen LogP contribution in [0.4, 0.5) is 0 Å². The first-order valence-corrected chi connectivity index (χ1v) is 12.2. The van der Waals surface area contributed by atoms with Crippen molar-refractivity contribution in [2.24, 2.45) is 11.8 Å². The van der Waals surface area contributed by atoms with Gasteiger partial charge in [-0.25, -0.2) is 0 Å². The number of allylic oxidation sites excluding steroid dienone is 9. The second-order valence-electron chi connectivity index (χ2n) is 7.89. The Kier molecular flexibility index (Phi) is 19.0. The second kappa shape index (κ2) is 20.0. The minimum Gasteiger partial charge on any atom is -0.303 e. The number of nitrogens with zero attached hydrogens (tertiary/aromatic N) is 1. The van der Waals surface area contributed by atoms with Crippen LogP contribution in [0.2, 0.25) is 0 Å². The van der Waals surface area contributed by atoms with Gasteiger partial charge in [0.2, 0.25) is 0 Å². The molecule has 2 atom stereocenters. The fourth-order valence-corrected chi connectivity index (χ4v) is 4.05. The molecule has 0 amide bonds. The quantitative estimate of drug-likeness (QED) is 0.235. The van der Waals surface area contributed by atoms with Gasteiger partial charge in [0.05, 0.1) is 0 Å². The van der Waals surface area contributed by atoms with E-state index in [0.29, 0.717) is 0 Å². The lowest BCUT2D eigenvalue weighted by Crippen LogP contribution is -2.26. The summed E-state index contributed by atoms with van der Waals surface area (Å²) in [6.45, 7) is 18.2. The second-order valence-corrected chi connectivity index (χ2v) is 7.89. The molecule has 1 saturated heterocycles. The summed E-state index contributed by atoms with van der Waals surface area (Å²) in [5.74, 6) is 1.58. The van der Waals surface area contributed by atoms with Crippen molar-refractivity contribution < 1.29 is 0 Å². The predicted octanol–water partition coefficient (Wildman–Crippen LogP) is 8.52. The number of rotatable bonds is 12. The average Bonchev–Trinajstić information content (AvgIpc) is 2.97. The highest BCUT2D eigenvalue weighted by molar-refractivity contribution is 5.23. The van der Waals surface area contributed by atoms with Crippen molar-refractivity contribution in [2.45, 2.75) is 86.0 Å². The Morgan fingerprint density at radius 2 is 1.86 bits per heavy atom. The highest BCUT2D eigenvalue weighted by atomic mass is 15.1. The summed E-state index contributed by atoms with van der Waals surface area (Å²) in [5.41, 5.74) is 1.43. The SMILES string of the molecule is C=C/C=C(\C=C/C)CC1CCCN(CCCCC(/C=C\C=C/C)CC)CC1.CC. The lowest BCUT2D eigenvalue weighted by molar-refractivity contribution is 0.272. The van der Waals surface area contributed by atoms with Crippen molar-refractivity contribution in [1.82, 2.24) is 4.90 Å². The van der Waals surface area contributed by atoms with Crippen LogP contribution in [0, 0.1) is 11.8 Å². The summed E-state index contributed by atoms with van der Waals surface area (Å²) in [5, 5.41) is 0. The first-order valence-electron chi connectivity index (χ1n) is 12.2. The Morgan fingerprint density at radius 3 is 2.52 bits per heavy atom. The topological polar surface area (TPSA) is 3.24 Å². The third kappa shape index (κ3) is 14.3.